The summed E-state index contributed by atoms with van der Waals surface area (Å²) in [6, 6.07) is 13.8. The molecule has 136 valence electrons. The van der Waals surface area contributed by atoms with E-state index >= 15 is 0 Å². The molecule has 6 heteroatoms. The van der Waals surface area contributed by atoms with E-state index in [0.29, 0.717) is 17.9 Å². The predicted molar refractivity (Wildman–Crippen MR) is 99.7 cm³/mol. The first kappa shape index (κ1) is 19.1. The van der Waals surface area contributed by atoms with Crippen LogP contribution in [0.4, 0.5) is 5.69 Å². The van der Waals surface area contributed by atoms with E-state index < -0.39 is 11.9 Å². The Balaban J connectivity index is 1.72. The molecule has 0 unspecified atom stereocenters. The quantitative estimate of drug-likeness (QED) is 0.468. The van der Waals surface area contributed by atoms with Gasteiger partial charge in [0.1, 0.15) is 5.75 Å². The molecule has 2 aromatic rings. The average molecular weight is 355 g/mol. The molecule has 0 bridgehead atoms. The smallest absolute Gasteiger partial charge is 0.335 e. The normalized spacial score (nSPS) is 11.0. The number of ether oxygens (including phenoxy) is 1. The van der Waals surface area contributed by atoms with Gasteiger partial charge in [0.05, 0.1) is 12.2 Å². The van der Waals surface area contributed by atoms with E-state index in [-0.39, 0.29) is 5.56 Å². The van der Waals surface area contributed by atoms with E-state index in [2.05, 4.69) is 5.32 Å². The van der Waals surface area contributed by atoms with Crippen molar-refractivity contribution >= 4 is 23.7 Å². The third-order valence-electron chi connectivity index (χ3n) is 3.65. The van der Waals surface area contributed by atoms with E-state index in [1.165, 1.54) is 12.1 Å². The zero-order valence-corrected chi connectivity index (χ0v) is 14.4. The molecular formula is C20H21NO5. The molecule has 3 N–H and O–H groups in total. The Labute approximate surface area is 151 Å². The lowest BCUT2D eigenvalue weighted by Crippen LogP contribution is -2.07. The molecule has 0 radical (unpaired) electrons. The van der Waals surface area contributed by atoms with Gasteiger partial charge >= 0.3 is 11.9 Å². The van der Waals surface area contributed by atoms with E-state index in [0.717, 1.165) is 24.2 Å². The van der Waals surface area contributed by atoms with Crippen LogP contribution in [0.1, 0.15) is 29.3 Å². The van der Waals surface area contributed by atoms with Crippen LogP contribution in [0.25, 0.3) is 6.08 Å². The van der Waals surface area contributed by atoms with Crippen LogP contribution in [0.15, 0.2) is 54.1 Å². The van der Waals surface area contributed by atoms with Crippen molar-refractivity contribution in [1.29, 1.82) is 0 Å². The highest BCUT2D eigenvalue weighted by atomic mass is 16.5. The minimum atomic E-state index is -0.958. The summed E-state index contributed by atoms with van der Waals surface area (Å²) in [5, 5.41) is 21.0. The van der Waals surface area contributed by atoms with Crippen LogP contribution in [0.5, 0.6) is 5.75 Å². The second-order valence-electron chi connectivity index (χ2n) is 5.71. The Hall–Kier alpha value is -3.28. The van der Waals surface area contributed by atoms with Gasteiger partial charge in [0.2, 0.25) is 0 Å². The molecule has 0 fully saturated rings. The first-order valence-electron chi connectivity index (χ1n) is 8.17. The Morgan fingerprint density at radius 1 is 1.04 bits per heavy atom. The number of rotatable bonds is 9. The fraction of sp³-hybridized carbons (Fsp3) is 0.200. The molecule has 0 saturated heterocycles. The average Bonchev–Trinajstić information content (AvgIpc) is 2.63. The lowest BCUT2D eigenvalue weighted by Gasteiger charge is -2.09. The van der Waals surface area contributed by atoms with Crippen LogP contribution in [0, 0.1) is 0 Å². The zero-order valence-electron chi connectivity index (χ0n) is 14.4. The van der Waals surface area contributed by atoms with Gasteiger partial charge in [-0.25, -0.2) is 9.59 Å². The Morgan fingerprint density at radius 3 is 2.27 bits per heavy atom. The minimum absolute atomic E-state index is 0.232. The summed E-state index contributed by atoms with van der Waals surface area (Å²) in [5.41, 5.74) is 2.31. The van der Waals surface area contributed by atoms with Crippen molar-refractivity contribution in [1.82, 2.24) is 0 Å². The molecule has 2 rings (SSSR count). The Bertz CT molecular complexity index is 779. The molecule has 0 aliphatic rings. The van der Waals surface area contributed by atoms with Crippen molar-refractivity contribution in [2.45, 2.75) is 13.3 Å². The van der Waals surface area contributed by atoms with Gasteiger partial charge in [0.25, 0.3) is 0 Å². The number of hydrogen-bond acceptors (Lipinski definition) is 4. The number of nitrogens with one attached hydrogen (secondary N) is 1. The van der Waals surface area contributed by atoms with E-state index in [1.807, 2.05) is 24.3 Å². The van der Waals surface area contributed by atoms with Gasteiger partial charge in [-0.2, -0.15) is 0 Å². The van der Waals surface area contributed by atoms with Gasteiger partial charge in [0.15, 0.2) is 0 Å². The largest absolute Gasteiger partial charge is 0.494 e. The summed E-state index contributed by atoms with van der Waals surface area (Å²) in [5.74, 6) is -1.25. The fourth-order valence-electron chi connectivity index (χ4n) is 2.20. The second-order valence-corrected chi connectivity index (χ2v) is 5.71. The second kappa shape index (κ2) is 9.27. The van der Waals surface area contributed by atoms with Gasteiger partial charge in [0, 0.05) is 17.8 Å². The summed E-state index contributed by atoms with van der Waals surface area (Å²) >= 11 is 0. The van der Waals surface area contributed by atoms with Gasteiger partial charge in [-0.05, 0) is 61.4 Å². The van der Waals surface area contributed by atoms with E-state index in [4.69, 9.17) is 14.9 Å². The zero-order chi connectivity index (χ0) is 18.9. The van der Waals surface area contributed by atoms with Crippen molar-refractivity contribution in [3.63, 3.8) is 0 Å². The molecule has 0 aromatic heterocycles. The highest BCUT2D eigenvalue weighted by Gasteiger charge is 2.02. The summed E-state index contributed by atoms with van der Waals surface area (Å²) in [7, 11) is 0. The summed E-state index contributed by atoms with van der Waals surface area (Å²) in [4.78, 5) is 21.6. The highest BCUT2D eigenvalue weighted by molar-refractivity contribution is 5.91. The summed E-state index contributed by atoms with van der Waals surface area (Å²) < 4.78 is 5.57. The number of anilines is 1. The molecule has 6 nitrogen and oxygen atoms in total. The van der Waals surface area contributed by atoms with Gasteiger partial charge in [-0.3, -0.25) is 0 Å². The van der Waals surface area contributed by atoms with Crippen LogP contribution in [-0.2, 0) is 4.79 Å². The number of aliphatic carboxylic acids is 1. The number of carbonyl (C=O) groups is 2. The third-order valence-corrected chi connectivity index (χ3v) is 3.65. The van der Waals surface area contributed by atoms with Gasteiger partial charge in [-0.1, -0.05) is 12.1 Å². The number of carboxylic acids is 2. The fourth-order valence-corrected chi connectivity index (χ4v) is 2.20. The van der Waals surface area contributed by atoms with Crippen molar-refractivity contribution in [2.24, 2.45) is 0 Å². The number of benzene rings is 2. The first-order valence-corrected chi connectivity index (χ1v) is 8.17. The summed E-state index contributed by atoms with van der Waals surface area (Å²) in [6.45, 7) is 2.79. The maximum atomic E-state index is 10.8. The number of hydrogen-bond donors (Lipinski definition) is 3. The monoisotopic (exact) mass is 355 g/mol. The molecule has 0 heterocycles. The maximum absolute atomic E-state index is 10.8. The van der Waals surface area contributed by atoms with Crippen LogP contribution < -0.4 is 10.1 Å². The number of carboxylic acid groups (broad SMARTS) is 2. The molecule has 0 saturated carbocycles. The van der Waals surface area contributed by atoms with E-state index in [9.17, 15) is 9.59 Å². The molecule has 0 atom stereocenters. The van der Waals surface area contributed by atoms with Gasteiger partial charge < -0.3 is 20.3 Å². The van der Waals surface area contributed by atoms with Crippen LogP contribution >= 0.6 is 0 Å². The first-order chi connectivity index (χ1) is 12.5. The van der Waals surface area contributed by atoms with Crippen molar-refractivity contribution < 1.29 is 24.5 Å². The minimum Gasteiger partial charge on any atom is -0.494 e. The molecule has 0 spiro atoms. The SMILES string of the molecule is C/C(=C\c1ccc(NCCCOc2ccc(C(=O)O)cc2)cc1)C(=O)O. The molecule has 0 aliphatic heterocycles. The molecule has 2 aromatic carbocycles. The predicted octanol–water partition coefficient (Wildman–Crippen LogP) is 3.75. The Morgan fingerprint density at radius 2 is 1.69 bits per heavy atom. The standard InChI is InChI=1S/C20H21NO5/c1-14(19(22)23)13-15-3-7-17(8-4-15)21-11-2-12-26-18-9-5-16(6-10-18)20(24)25/h3-10,13,21H,2,11-12H2,1H3,(H,22,23)(H,24,25)/b14-13+. The highest BCUT2D eigenvalue weighted by Crippen LogP contribution is 2.14. The lowest BCUT2D eigenvalue weighted by molar-refractivity contribution is -0.132. The molecule has 26 heavy (non-hydrogen) atoms. The van der Waals surface area contributed by atoms with Crippen molar-refractivity contribution in [3.8, 4) is 5.75 Å². The lowest BCUT2D eigenvalue weighted by atomic mass is 10.1. The molecule has 0 amide bonds. The topological polar surface area (TPSA) is 95.9 Å². The van der Waals surface area contributed by atoms with E-state index in [1.54, 1.807) is 25.1 Å². The van der Waals surface area contributed by atoms with Crippen molar-refractivity contribution in [2.75, 3.05) is 18.5 Å². The number of aromatic carboxylic acids is 1. The third kappa shape index (κ3) is 5.98. The van der Waals surface area contributed by atoms with Gasteiger partial charge in [-0.15, -0.1) is 0 Å². The summed E-state index contributed by atoms with van der Waals surface area (Å²) in [6.07, 6.45) is 2.40. The maximum Gasteiger partial charge on any atom is 0.335 e. The molecular weight excluding hydrogens is 334 g/mol. The van der Waals surface area contributed by atoms with Crippen LogP contribution in [-0.4, -0.2) is 35.3 Å². The molecule has 0 aliphatic carbocycles. The van der Waals surface area contributed by atoms with Crippen molar-refractivity contribution in [3.05, 3.63) is 65.2 Å². The van der Waals surface area contributed by atoms with Crippen LogP contribution in [0.2, 0.25) is 0 Å². The van der Waals surface area contributed by atoms with Crippen LogP contribution in [0.3, 0.4) is 0 Å². The Kier molecular flexibility index (Phi) is 6.79.